The van der Waals surface area contributed by atoms with Crippen molar-refractivity contribution in [2.75, 3.05) is 11.1 Å². The molecule has 5 nitrogen and oxygen atoms in total. The Bertz CT molecular complexity index is 947. The van der Waals surface area contributed by atoms with Gasteiger partial charge in [-0.25, -0.2) is 4.98 Å². The number of H-pyrrole nitrogens is 1. The van der Waals surface area contributed by atoms with Crippen LogP contribution in [0.4, 0.5) is 5.69 Å². The van der Waals surface area contributed by atoms with Gasteiger partial charge in [-0.05, 0) is 86.3 Å². The summed E-state index contributed by atoms with van der Waals surface area (Å²) in [7, 11) is 0. The van der Waals surface area contributed by atoms with Crippen LogP contribution < -0.4 is 10.9 Å². The molecule has 29 heavy (non-hydrogen) atoms. The second-order valence-electron chi connectivity index (χ2n) is 9.30. The Kier molecular flexibility index (Phi) is 4.77. The molecule has 6 heteroatoms. The third kappa shape index (κ3) is 3.87. The minimum Gasteiger partial charge on any atom is -0.325 e. The van der Waals surface area contributed by atoms with Gasteiger partial charge in [-0.2, -0.15) is 0 Å². The van der Waals surface area contributed by atoms with E-state index in [9.17, 15) is 9.59 Å². The van der Waals surface area contributed by atoms with E-state index in [1.54, 1.807) is 6.92 Å². The van der Waals surface area contributed by atoms with Gasteiger partial charge in [0, 0.05) is 17.4 Å². The van der Waals surface area contributed by atoms with E-state index >= 15 is 0 Å². The van der Waals surface area contributed by atoms with E-state index in [2.05, 4.69) is 27.4 Å². The number of benzene rings is 1. The monoisotopic (exact) mass is 409 g/mol. The van der Waals surface area contributed by atoms with E-state index in [4.69, 9.17) is 0 Å². The first-order chi connectivity index (χ1) is 14.0. The van der Waals surface area contributed by atoms with Gasteiger partial charge in [0.25, 0.3) is 5.56 Å². The Morgan fingerprint density at radius 3 is 2.34 bits per heavy atom. The Balaban J connectivity index is 1.22. The van der Waals surface area contributed by atoms with Gasteiger partial charge in [0.2, 0.25) is 5.91 Å². The van der Waals surface area contributed by atoms with Gasteiger partial charge in [0.05, 0.1) is 5.75 Å². The molecule has 0 aliphatic heterocycles. The number of hydrogen-bond acceptors (Lipinski definition) is 4. The normalized spacial score (nSPS) is 29.8. The van der Waals surface area contributed by atoms with E-state index in [0.29, 0.717) is 16.3 Å². The molecule has 0 radical (unpaired) electrons. The van der Waals surface area contributed by atoms with Crippen LogP contribution in [0.3, 0.4) is 0 Å². The lowest BCUT2D eigenvalue weighted by Gasteiger charge is -2.57. The summed E-state index contributed by atoms with van der Waals surface area (Å²) in [5.41, 5.74) is 3.13. The van der Waals surface area contributed by atoms with Gasteiger partial charge < -0.3 is 10.3 Å². The highest BCUT2D eigenvalue weighted by molar-refractivity contribution is 7.99. The first-order valence-electron chi connectivity index (χ1n) is 10.6. The molecule has 4 bridgehead atoms. The van der Waals surface area contributed by atoms with Crippen molar-refractivity contribution < 1.29 is 4.79 Å². The van der Waals surface area contributed by atoms with Crippen molar-refractivity contribution in [1.82, 2.24) is 9.97 Å². The van der Waals surface area contributed by atoms with Gasteiger partial charge >= 0.3 is 0 Å². The molecule has 0 saturated heterocycles. The second-order valence-corrected chi connectivity index (χ2v) is 10.3. The molecule has 0 atom stereocenters. The van der Waals surface area contributed by atoms with Gasteiger partial charge in [-0.15, -0.1) is 0 Å². The van der Waals surface area contributed by atoms with E-state index in [0.717, 1.165) is 23.4 Å². The van der Waals surface area contributed by atoms with Gasteiger partial charge in [0.15, 0.2) is 5.16 Å². The molecule has 2 N–H and O–H groups in total. The molecule has 1 aromatic heterocycles. The zero-order chi connectivity index (χ0) is 20.0. The molecule has 2 aromatic rings. The van der Waals surface area contributed by atoms with E-state index in [-0.39, 0.29) is 17.2 Å². The number of carbonyl (C=O) groups excluding carboxylic acids is 1. The van der Waals surface area contributed by atoms with Crippen LogP contribution in [0.25, 0.3) is 0 Å². The number of aryl methyl sites for hydroxylation is 1. The van der Waals surface area contributed by atoms with Crippen LogP contribution in [0.2, 0.25) is 0 Å². The highest BCUT2D eigenvalue weighted by Crippen LogP contribution is 2.60. The molecule has 4 aliphatic rings. The number of hydrogen-bond donors (Lipinski definition) is 2. The van der Waals surface area contributed by atoms with Crippen molar-refractivity contribution in [3.63, 3.8) is 0 Å². The van der Waals surface area contributed by atoms with Crippen LogP contribution >= 0.6 is 11.8 Å². The van der Waals surface area contributed by atoms with Crippen molar-refractivity contribution in [2.24, 2.45) is 17.8 Å². The van der Waals surface area contributed by atoms with Gasteiger partial charge in [0.1, 0.15) is 0 Å². The zero-order valence-electron chi connectivity index (χ0n) is 16.7. The fourth-order valence-corrected chi connectivity index (χ4v) is 7.04. The maximum atomic E-state index is 12.3. The maximum absolute atomic E-state index is 12.3. The highest BCUT2D eigenvalue weighted by atomic mass is 32.2. The minimum atomic E-state index is -0.194. The zero-order valence-corrected chi connectivity index (χ0v) is 17.6. The van der Waals surface area contributed by atoms with Crippen LogP contribution in [0.15, 0.2) is 40.3 Å². The molecule has 6 rings (SSSR count). The highest BCUT2D eigenvalue weighted by Gasteiger charge is 2.51. The molecule has 4 fully saturated rings. The van der Waals surface area contributed by atoms with Crippen LogP contribution in [0, 0.1) is 24.7 Å². The van der Waals surface area contributed by atoms with Crippen LogP contribution in [0.1, 0.15) is 49.8 Å². The lowest BCUT2D eigenvalue weighted by Crippen LogP contribution is -2.48. The first kappa shape index (κ1) is 18.9. The van der Waals surface area contributed by atoms with E-state index in [1.807, 2.05) is 12.1 Å². The number of aromatic amines is 1. The van der Waals surface area contributed by atoms with Crippen LogP contribution in [-0.4, -0.2) is 21.6 Å². The summed E-state index contributed by atoms with van der Waals surface area (Å²) in [5.74, 6) is 2.91. The topological polar surface area (TPSA) is 74.8 Å². The predicted molar refractivity (Wildman–Crippen MR) is 115 cm³/mol. The van der Waals surface area contributed by atoms with Crippen molar-refractivity contribution in [2.45, 2.75) is 56.0 Å². The number of nitrogens with zero attached hydrogens (tertiary/aromatic N) is 1. The number of thioether (sulfide) groups is 1. The van der Waals surface area contributed by atoms with Gasteiger partial charge in [-0.3, -0.25) is 9.59 Å². The van der Waals surface area contributed by atoms with Crippen LogP contribution in [0.5, 0.6) is 0 Å². The molecule has 152 valence electrons. The molecular weight excluding hydrogens is 382 g/mol. The number of anilines is 1. The summed E-state index contributed by atoms with van der Waals surface area (Å²) >= 11 is 1.24. The maximum Gasteiger partial charge on any atom is 0.251 e. The van der Waals surface area contributed by atoms with Crippen molar-refractivity contribution in [3.05, 3.63) is 51.9 Å². The summed E-state index contributed by atoms with van der Waals surface area (Å²) in [6.45, 7) is 1.77. The van der Waals surface area contributed by atoms with E-state index in [1.165, 1.54) is 61.9 Å². The molecule has 0 unspecified atom stereocenters. The number of amides is 1. The third-order valence-electron chi connectivity index (χ3n) is 7.01. The SMILES string of the molecule is Cc1cc(=O)[nH]c(SCC(=O)Nc2ccc(C34CC5CC(CC(C5)C3)C4)cc2)n1. The lowest BCUT2D eigenvalue weighted by atomic mass is 9.48. The largest absolute Gasteiger partial charge is 0.325 e. The molecule has 1 heterocycles. The van der Waals surface area contributed by atoms with Crippen molar-refractivity contribution >= 4 is 23.4 Å². The molecule has 0 spiro atoms. The number of nitrogens with one attached hydrogen (secondary N) is 2. The smallest absolute Gasteiger partial charge is 0.251 e. The Morgan fingerprint density at radius 1 is 1.14 bits per heavy atom. The fourth-order valence-electron chi connectivity index (χ4n) is 6.32. The number of carbonyl (C=O) groups is 1. The third-order valence-corrected chi connectivity index (χ3v) is 7.88. The van der Waals surface area contributed by atoms with Gasteiger partial charge in [-0.1, -0.05) is 23.9 Å². The lowest BCUT2D eigenvalue weighted by molar-refractivity contribution is -0.113. The molecule has 1 amide bonds. The summed E-state index contributed by atoms with van der Waals surface area (Å²) < 4.78 is 0. The second kappa shape index (κ2) is 7.31. The van der Waals surface area contributed by atoms with Crippen LogP contribution in [-0.2, 0) is 10.2 Å². The average Bonchev–Trinajstić information content (AvgIpc) is 2.65. The predicted octanol–water partition coefficient (Wildman–Crippen LogP) is 4.28. The summed E-state index contributed by atoms with van der Waals surface area (Å²) in [6, 6.07) is 9.99. The van der Waals surface area contributed by atoms with Crippen molar-refractivity contribution in [3.8, 4) is 0 Å². The molecular formula is C23H27N3O2S. The average molecular weight is 410 g/mol. The first-order valence-corrected chi connectivity index (χ1v) is 11.6. The Morgan fingerprint density at radius 2 is 1.76 bits per heavy atom. The number of aromatic nitrogens is 2. The Labute approximate surface area is 175 Å². The molecule has 4 saturated carbocycles. The Hall–Kier alpha value is -2.08. The summed E-state index contributed by atoms with van der Waals surface area (Å²) in [5, 5.41) is 3.44. The molecule has 1 aromatic carbocycles. The van der Waals surface area contributed by atoms with E-state index < -0.39 is 0 Å². The number of rotatable bonds is 5. The minimum absolute atomic E-state index is 0.0956. The standard InChI is InChI=1S/C23H27N3O2S/c1-14-6-20(27)26-22(24-14)29-13-21(28)25-19-4-2-18(3-5-19)23-10-15-7-16(11-23)9-17(8-15)12-23/h2-6,15-17H,7-13H2,1H3,(H,25,28)(H,24,26,27). The summed E-state index contributed by atoms with van der Waals surface area (Å²) in [4.78, 5) is 30.7. The summed E-state index contributed by atoms with van der Waals surface area (Å²) in [6.07, 6.45) is 8.40. The quantitative estimate of drug-likeness (QED) is 0.571. The molecule has 4 aliphatic carbocycles. The van der Waals surface area contributed by atoms with Crippen molar-refractivity contribution in [1.29, 1.82) is 0 Å². The fraction of sp³-hybridized carbons (Fsp3) is 0.522.